The van der Waals surface area contributed by atoms with E-state index in [4.69, 9.17) is 18.9 Å². The third-order valence-corrected chi connectivity index (χ3v) is 3.67. The average Bonchev–Trinajstić information content (AvgIpc) is 2.89. The lowest BCUT2D eigenvalue weighted by atomic mass is 10.1. The fourth-order valence-electron chi connectivity index (χ4n) is 2.55. The molecule has 0 saturated heterocycles. The first-order chi connectivity index (χ1) is 11.6. The molecule has 1 aliphatic rings. The van der Waals surface area contributed by atoms with Gasteiger partial charge in [-0.1, -0.05) is 0 Å². The molecule has 2 aromatic carbocycles. The molecule has 0 bridgehead atoms. The highest BCUT2D eigenvalue weighted by Crippen LogP contribution is 2.42. The van der Waals surface area contributed by atoms with Gasteiger partial charge in [0.25, 0.3) is 0 Å². The van der Waals surface area contributed by atoms with Crippen LogP contribution in [0.25, 0.3) is 6.08 Å². The second kappa shape index (κ2) is 6.16. The third-order valence-electron chi connectivity index (χ3n) is 3.67. The molecule has 3 rings (SSSR count). The van der Waals surface area contributed by atoms with Crippen molar-refractivity contribution in [1.29, 1.82) is 0 Å². The number of phenols is 1. The predicted octanol–water partition coefficient (Wildman–Crippen LogP) is 3.03. The molecule has 6 heteroatoms. The van der Waals surface area contributed by atoms with E-state index in [9.17, 15) is 9.90 Å². The molecule has 6 nitrogen and oxygen atoms in total. The normalized spacial score (nSPS) is 14.3. The Morgan fingerprint density at radius 3 is 2.42 bits per heavy atom. The molecule has 0 amide bonds. The van der Waals surface area contributed by atoms with Crippen molar-refractivity contribution in [3.63, 3.8) is 0 Å². The van der Waals surface area contributed by atoms with Crippen molar-refractivity contribution in [3.05, 3.63) is 47.2 Å². The molecular formula is C18H16O6. The number of aromatic hydroxyl groups is 1. The summed E-state index contributed by atoms with van der Waals surface area (Å²) in [7, 11) is 4.54. The molecule has 1 N–H and O–H groups in total. The minimum absolute atomic E-state index is 0.0338. The molecule has 1 heterocycles. The number of carbonyl (C=O) groups is 1. The van der Waals surface area contributed by atoms with Gasteiger partial charge in [-0.15, -0.1) is 0 Å². The first-order valence-electron chi connectivity index (χ1n) is 7.15. The van der Waals surface area contributed by atoms with Crippen molar-refractivity contribution in [2.45, 2.75) is 0 Å². The van der Waals surface area contributed by atoms with Gasteiger partial charge < -0.3 is 24.1 Å². The SMILES string of the molecule is COc1ccc(C=C2Oc3cc(O)ccc3C2=O)c(OC)c1OC. The van der Waals surface area contributed by atoms with E-state index in [-0.39, 0.29) is 17.3 Å². The number of rotatable bonds is 4. The third kappa shape index (κ3) is 2.52. The van der Waals surface area contributed by atoms with Crippen molar-refractivity contribution < 1.29 is 28.8 Å². The van der Waals surface area contributed by atoms with E-state index in [1.807, 2.05) is 0 Å². The van der Waals surface area contributed by atoms with E-state index in [0.29, 0.717) is 34.1 Å². The van der Waals surface area contributed by atoms with Crippen LogP contribution < -0.4 is 18.9 Å². The van der Waals surface area contributed by atoms with Crippen molar-refractivity contribution in [2.75, 3.05) is 21.3 Å². The minimum atomic E-state index is -0.262. The standard InChI is InChI=1S/C18H16O6/c1-21-13-7-4-10(17(22-2)18(13)23-3)8-15-16(20)12-6-5-11(19)9-14(12)24-15/h4-9,19H,1-3H3. The van der Waals surface area contributed by atoms with Crippen LogP contribution in [0.4, 0.5) is 0 Å². The number of ether oxygens (including phenoxy) is 4. The van der Waals surface area contributed by atoms with Crippen LogP contribution in [0.5, 0.6) is 28.7 Å². The molecule has 0 aliphatic carbocycles. The van der Waals surface area contributed by atoms with Crippen LogP contribution in [0.2, 0.25) is 0 Å². The number of fused-ring (bicyclic) bond motifs is 1. The molecule has 0 unspecified atom stereocenters. The maximum atomic E-state index is 12.4. The van der Waals surface area contributed by atoms with Crippen LogP contribution in [0, 0.1) is 0 Å². The molecule has 0 aromatic heterocycles. The molecule has 24 heavy (non-hydrogen) atoms. The average molecular weight is 328 g/mol. The minimum Gasteiger partial charge on any atom is -0.508 e. The lowest BCUT2D eigenvalue weighted by Crippen LogP contribution is -2.00. The lowest BCUT2D eigenvalue weighted by Gasteiger charge is -2.14. The van der Waals surface area contributed by atoms with Crippen LogP contribution in [-0.4, -0.2) is 32.2 Å². The number of phenolic OH excluding ortho intramolecular Hbond substituents is 1. The number of ketones is 1. The second-order valence-corrected chi connectivity index (χ2v) is 5.04. The monoisotopic (exact) mass is 328 g/mol. The van der Waals surface area contributed by atoms with Gasteiger partial charge in [-0.25, -0.2) is 0 Å². The number of allylic oxidation sites excluding steroid dienone is 1. The van der Waals surface area contributed by atoms with E-state index in [1.165, 1.54) is 39.5 Å². The summed E-state index contributed by atoms with van der Waals surface area (Å²) in [5, 5.41) is 9.51. The molecule has 0 radical (unpaired) electrons. The number of hydrogen-bond acceptors (Lipinski definition) is 6. The molecular weight excluding hydrogens is 312 g/mol. The van der Waals surface area contributed by atoms with Gasteiger partial charge in [-0.05, 0) is 30.3 Å². The Morgan fingerprint density at radius 1 is 1.00 bits per heavy atom. The van der Waals surface area contributed by atoms with Crippen molar-refractivity contribution >= 4 is 11.9 Å². The largest absolute Gasteiger partial charge is 0.508 e. The van der Waals surface area contributed by atoms with Gasteiger partial charge in [-0.2, -0.15) is 0 Å². The highest BCUT2D eigenvalue weighted by Gasteiger charge is 2.28. The van der Waals surface area contributed by atoms with Crippen LogP contribution >= 0.6 is 0 Å². The Morgan fingerprint density at radius 2 is 1.75 bits per heavy atom. The molecule has 1 aliphatic heterocycles. The van der Waals surface area contributed by atoms with E-state index in [2.05, 4.69) is 0 Å². The van der Waals surface area contributed by atoms with E-state index in [1.54, 1.807) is 18.2 Å². The fourth-order valence-corrected chi connectivity index (χ4v) is 2.55. The van der Waals surface area contributed by atoms with Crippen molar-refractivity contribution in [3.8, 4) is 28.7 Å². The first-order valence-corrected chi connectivity index (χ1v) is 7.15. The second-order valence-electron chi connectivity index (χ2n) is 5.04. The summed E-state index contributed by atoms with van der Waals surface area (Å²) < 4.78 is 21.5. The zero-order valence-corrected chi connectivity index (χ0v) is 13.5. The maximum Gasteiger partial charge on any atom is 0.231 e. The zero-order chi connectivity index (χ0) is 17.3. The number of methoxy groups -OCH3 is 3. The van der Waals surface area contributed by atoms with Gasteiger partial charge in [-0.3, -0.25) is 4.79 Å². The zero-order valence-electron chi connectivity index (χ0n) is 13.5. The molecule has 0 fully saturated rings. The predicted molar refractivity (Wildman–Crippen MR) is 87.1 cm³/mol. The van der Waals surface area contributed by atoms with Crippen LogP contribution in [0.3, 0.4) is 0 Å². The quantitative estimate of drug-likeness (QED) is 0.870. The lowest BCUT2D eigenvalue weighted by molar-refractivity contribution is 0.101. The Labute approximate surface area is 138 Å². The Hall–Kier alpha value is -3.15. The summed E-state index contributed by atoms with van der Waals surface area (Å²) in [6, 6.07) is 7.83. The number of hydrogen-bond donors (Lipinski definition) is 1. The van der Waals surface area contributed by atoms with Gasteiger partial charge in [0.05, 0.1) is 26.9 Å². The summed E-state index contributed by atoms with van der Waals surface area (Å²) in [6.07, 6.45) is 1.57. The van der Waals surface area contributed by atoms with Gasteiger partial charge in [0.15, 0.2) is 17.3 Å². The van der Waals surface area contributed by atoms with E-state index in [0.717, 1.165) is 0 Å². The van der Waals surface area contributed by atoms with Crippen molar-refractivity contribution in [2.24, 2.45) is 0 Å². The maximum absolute atomic E-state index is 12.4. The molecule has 0 spiro atoms. The first kappa shape index (κ1) is 15.7. The van der Waals surface area contributed by atoms with E-state index < -0.39 is 0 Å². The molecule has 2 aromatic rings. The molecule has 0 atom stereocenters. The van der Waals surface area contributed by atoms with Crippen molar-refractivity contribution in [1.82, 2.24) is 0 Å². The Balaban J connectivity index is 2.06. The van der Waals surface area contributed by atoms with Gasteiger partial charge >= 0.3 is 0 Å². The summed E-state index contributed by atoms with van der Waals surface area (Å²) in [6.45, 7) is 0. The smallest absolute Gasteiger partial charge is 0.231 e. The summed E-state index contributed by atoms with van der Waals surface area (Å²) in [5.41, 5.74) is 1.01. The Kier molecular flexibility index (Phi) is 4.04. The van der Waals surface area contributed by atoms with E-state index >= 15 is 0 Å². The Bertz CT molecular complexity index is 838. The number of benzene rings is 2. The summed E-state index contributed by atoms with van der Waals surface area (Å²) >= 11 is 0. The number of Topliss-reactive ketones (excluding diaryl/α,β-unsaturated/α-hetero) is 1. The fraction of sp³-hybridized carbons (Fsp3) is 0.167. The summed E-state index contributed by atoms with van der Waals surface area (Å²) in [4.78, 5) is 12.4. The van der Waals surface area contributed by atoms with Gasteiger partial charge in [0, 0.05) is 11.6 Å². The topological polar surface area (TPSA) is 74.2 Å². The highest BCUT2D eigenvalue weighted by molar-refractivity contribution is 6.14. The molecule has 124 valence electrons. The van der Waals surface area contributed by atoms with Crippen LogP contribution in [0.15, 0.2) is 36.1 Å². The molecule has 0 saturated carbocycles. The van der Waals surface area contributed by atoms with Gasteiger partial charge in [0.1, 0.15) is 11.5 Å². The van der Waals surface area contributed by atoms with Crippen LogP contribution in [-0.2, 0) is 0 Å². The summed E-state index contributed by atoms with van der Waals surface area (Å²) in [5.74, 6) is 1.61. The highest BCUT2D eigenvalue weighted by atomic mass is 16.5. The number of carbonyl (C=O) groups excluding carboxylic acids is 1. The van der Waals surface area contributed by atoms with Gasteiger partial charge in [0.2, 0.25) is 11.5 Å². The van der Waals surface area contributed by atoms with Crippen LogP contribution in [0.1, 0.15) is 15.9 Å².